The number of anilines is 1. The third-order valence-corrected chi connectivity index (χ3v) is 3.16. The van der Waals surface area contributed by atoms with E-state index in [-0.39, 0.29) is 17.6 Å². The van der Waals surface area contributed by atoms with Crippen molar-refractivity contribution in [2.24, 2.45) is 0 Å². The summed E-state index contributed by atoms with van der Waals surface area (Å²) in [5, 5.41) is 0. The Morgan fingerprint density at radius 3 is 2.81 bits per heavy atom. The average molecular weight is 217 g/mol. The van der Waals surface area contributed by atoms with Crippen LogP contribution in [-0.4, -0.2) is 18.7 Å². The first-order valence-corrected chi connectivity index (χ1v) is 5.53. The number of rotatable bonds is 2. The molecule has 1 aromatic rings. The number of hydrogen-bond acceptors (Lipinski definition) is 2. The van der Waals surface area contributed by atoms with Gasteiger partial charge in [0.15, 0.2) is 0 Å². The number of Topliss-reactive ketones (excluding diaryl/α,β-unsaturated/α-hetero) is 1. The standard InChI is InChI=1S/C13H15NO2/c1-3-12(15)10-8-13(16)14(2)11-7-5-4-6-9(10)11/h4-7,10H,3,8H2,1-2H3/t10-/m0/s1. The molecule has 0 radical (unpaired) electrons. The van der Waals surface area contributed by atoms with Gasteiger partial charge in [0.25, 0.3) is 0 Å². The molecular formula is C13H15NO2. The minimum absolute atomic E-state index is 0.0190. The summed E-state index contributed by atoms with van der Waals surface area (Å²) in [5.41, 5.74) is 1.85. The molecule has 0 spiro atoms. The van der Waals surface area contributed by atoms with Crippen molar-refractivity contribution in [2.75, 3.05) is 11.9 Å². The maximum Gasteiger partial charge on any atom is 0.227 e. The Morgan fingerprint density at radius 1 is 1.44 bits per heavy atom. The molecule has 16 heavy (non-hydrogen) atoms. The van der Waals surface area contributed by atoms with E-state index in [0.29, 0.717) is 12.8 Å². The molecule has 0 N–H and O–H groups in total. The summed E-state index contributed by atoms with van der Waals surface area (Å²) in [6, 6.07) is 7.64. The quantitative estimate of drug-likeness (QED) is 0.761. The van der Waals surface area contributed by atoms with Gasteiger partial charge in [0.2, 0.25) is 5.91 Å². The van der Waals surface area contributed by atoms with E-state index in [1.807, 2.05) is 31.2 Å². The number of carbonyl (C=O) groups excluding carboxylic acids is 2. The van der Waals surface area contributed by atoms with Crippen LogP contribution in [-0.2, 0) is 9.59 Å². The molecule has 1 heterocycles. The number of ketones is 1. The van der Waals surface area contributed by atoms with E-state index < -0.39 is 0 Å². The molecule has 0 saturated carbocycles. The molecule has 0 saturated heterocycles. The smallest absolute Gasteiger partial charge is 0.227 e. The summed E-state index contributed by atoms with van der Waals surface area (Å²) in [5.74, 6) is -0.0794. The van der Waals surface area contributed by atoms with Crippen LogP contribution >= 0.6 is 0 Å². The normalized spacial score (nSPS) is 19.5. The minimum Gasteiger partial charge on any atom is -0.315 e. The first-order valence-electron chi connectivity index (χ1n) is 5.53. The van der Waals surface area contributed by atoms with Crippen molar-refractivity contribution in [3.8, 4) is 0 Å². The van der Waals surface area contributed by atoms with E-state index in [9.17, 15) is 9.59 Å². The van der Waals surface area contributed by atoms with Crippen molar-refractivity contribution >= 4 is 17.4 Å². The summed E-state index contributed by atoms with van der Waals surface area (Å²) < 4.78 is 0. The molecule has 1 aliphatic heterocycles. The van der Waals surface area contributed by atoms with Crippen molar-refractivity contribution in [1.29, 1.82) is 0 Å². The van der Waals surface area contributed by atoms with Crippen LogP contribution in [0.5, 0.6) is 0 Å². The van der Waals surface area contributed by atoms with Crippen LogP contribution in [0.15, 0.2) is 24.3 Å². The maximum absolute atomic E-state index is 11.8. The number of fused-ring (bicyclic) bond motifs is 1. The molecule has 0 unspecified atom stereocenters. The molecule has 0 bridgehead atoms. The highest BCUT2D eigenvalue weighted by Crippen LogP contribution is 2.35. The molecule has 2 rings (SSSR count). The Balaban J connectivity index is 2.49. The van der Waals surface area contributed by atoms with Crippen molar-refractivity contribution < 1.29 is 9.59 Å². The van der Waals surface area contributed by atoms with E-state index in [1.54, 1.807) is 11.9 Å². The molecular weight excluding hydrogens is 202 g/mol. The van der Waals surface area contributed by atoms with E-state index in [4.69, 9.17) is 0 Å². The van der Waals surface area contributed by atoms with Crippen LogP contribution in [0.2, 0.25) is 0 Å². The van der Waals surface area contributed by atoms with Crippen LogP contribution in [0.4, 0.5) is 5.69 Å². The van der Waals surface area contributed by atoms with Gasteiger partial charge < -0.3 is 4.90 Å². The first kappa shape index (κ1) is 10.9. The summed E-state index contributed by atoms with van der Waals surface area (Å²) in [6.07, 6.45) is 0.788. The fraction of sp³-hybridized carbons (Fsp3) is 0.385. The lowest BCUT2D eigenvalue weighted by molar-refractivity contribution is -0.125. The highest BCUT2D eigenvalue weighted by atomic mass is 16.2. The Labute approximate surface area is 95.1 Å². The molecule has 84 valence electrons. The molecule has 1 aromatic carbocycles. The van der Waals surface area contributed by atoms with Gasteiger partial charge in [-0.2, -0.15) is 0 Å². The average Bonchev–Trinajstić information content (AvgIpc) is 2.33. The zero-order valence-corrected chi connectivity index (χ0v) is 9.56. The maximum atomic E-state index is 11.8. The SMILES string of the molecule is CCC(=O)[C@H]1CC(=O)N(C)c2ccccc21. The van der Waals surface area contributed by atoms with Crippen LogP contribution in [0.1, 0.15) is 31.2 Å². The van der Waals surface area contributed by atoms with Gasteiger partial charge in [-0.05, 0) is 11.6 Å². The number of para-hydroxylation sites is 1. The predicted molar refractivity (Wildman–Crippen MR) is 62.5 cm³/mol. The van der Waals surface area contributed by atoms with Crippen LogP contribution in [0, 0.1) is 0 Å². The second kappa shape index (κ2) is 4.08. The largest absolute Gasteiger partial charge is 0.315 e. The third kappa shape index (κ3) is 1.62. The van der Waals surface area contributed by atoms with E-state index in [1.165, 1.54) is 0 Å². The zero-order valence-electron chi connectivity index (χ0n) is 9.56. The van der Waals surface area contributed by atoms with Gasteiger partial charge in [0.05, 0.1) is 5.92 Å². The van der Waals surface area contributed by atoms with E-state index >= 15 is 0 Å². The Kier molecular flexibility index (Phi) is 2.77. The Hall–Kier alpha value is -1.64. The summed E-state index contributed by atoms with van der Waals surface area (Å²) in [4.78, 5) is 25.2. The Bertz CT molecular complexity index is 439. The molecule has 1 amide bonds. The minimum atomic E-state index is -0.245. The van der Waals surface area contributed by atoms with Crippen molar-refractivity contribution in [3.05, 3.63) is 29.8 Å². The van der Waals surface area contributed by atoms with Crippen LogP contribution in [0.25, 0.3) is 0 Å². The van der Waals surface area contributed by atoms with Gasteiger partial charge in [-0.1, -0.05) is 25.1 Å². The summed E-state index contributed by atoms with van der Waals surface area (Å²) >= 11 is 0. The predicted octanol–water partition coefficient (Wildman–Crippen LogP) is 2.12. The van der Waals surface area contributed by atoms with E-state index in [2.05, 4.69) is 0 Å². The third-order valence-electron chi connectivity index (χ3n) is 3.16. The van der Waals surface area contributed by atoms with E-state index in [0.717, 1.165) is 11.3 Å². The molecule has 0 fully saturated rings. The van der Waals surface area contributed by atoms with Gasteiger partial charge >= 0.3 is 0 Å². The van der Waals surface area contributed by atoms with Gasteiger partial charge in [-0.3, -0.25) is 9.59 Å². The van der Waals surface area contributed by atoms with Crippen LogP contribution < -0.4 is 4.90 Å². The molecule has 0 aromatic heterocycles. The summed E-state index contributed by atoms with van der Waals surface area (Å²) in [6.45, 7) is 1.84. The highest BCUT2D eigenvalue weighted by molar-refractivity contribution is 6.02. The van der Waals surface area contributed by atoms with Gasteiger partial charge in [0, 0.05) is 25.6 Å². The Morgan fingerprint density at radius 2 is 2.12 bits per heavy atom. The zero-order chi connectivity index (χ0) is 11.7. The molecule has 1 aliphatic rings. The van der Waals surface area contributed by atoms with Crippen molar-refractivity contribution in [2.45, 2.75) is 25.7 Å². The van der Waals surface area contributed by atoms with Crippen LogP contribution in [0.3, 0.4) is 0 Å². The van der Waals surface area contributed by atoms with Crippen molar-refractivity contribution in [3.63, 3.8) is 0 Å². The number of amides is 1. The molecule has 1 atom stereocenters. The number of hydrogen-bond donors (Lipinski definition) is 0. The second-order valence-corrected chi connectivity index (χ2v) is 4.09. The van der Waals surface area contributed by atoms with Gasteiger partial charge in [0.1, 0.15) is 5.78 Å². The lowest BCUT2D eigenvalue weighted by atomic mass is 9.85. The number of carbonyl (C=O) groups is 2. The highest BCUT2D eigenvalue weighted by Gasteiger charge is 2.32. The number of benzene rings is 1. The molecule has 3 nitrogen and oxygen atoms in total. The number of nitrogens with zero attached hydrogens (tertiary/aromatic N) is 1. The van der Waals surface area contributed by atoms with Gasteiger partial charge in [-0.15, -0.1) is 0 Å². The lowest BCUT2D eigenvalue weighted by Gasteiger charge is -2.30. The fourth-order valence-corrected chi connectivity index (χ4v) is 2.18. The van der Waals surface area contributed by atoms with Crippen molar-refractivity contribution in [1.82, 2.24) is 0 Å². The lowest BCUT2D eigenvalue weighted by Crippen LogP contribution is -2.35. The second-order valence-electron chi connectivity index (χ2n) is 4.09. The summed E-state index contributed by atoms with van der Waals surface area (Å²) in [7, 11) is 1.76. The molecule has 3 heteroatoms. The molecule has 0 aliphatic carbocycles. The topological polar surface area (TPSA) is 37.4 Å². The first-order chi connectivity index (χ1) is 7.65. The fourth-order valence-electron chi connectivity index (χ4n) is 2.18. The monoisotopic (exact) mass is 217 g/mol. The van der Waals surface area contributed by atoms with Gasteiger partial charge in [-0.25, -0.2) is 0 Å².